The maximum Gasteiger partial charge on any atom is 0.0297 e. The highest BCUT2D eigenvalue weighted by atomic mass is 32.2. The third-order valence-electron chi connectivity index (χ3n) is 3.54. The number of hydrogen-bond acceptors (Lipinski definition) is 2. The highest BCUT2D eigenvalue weighted by Crippen LogP contribution is 2.23. The largest absolute Gasteiger partial charge is 0.307 e. The summed E-state index contributed by atoms with van der Waals surface area (Å²) in [6.07, 6.45) is 2.70. The average molecular weight is 249 g/mol. The van der Waals surface area contributed by atoms with Crippen molar-refractivity contribution in [1.82, 2.24) is 5.32 Å². The molecule has 17 heavy (non-hydrogen) atoms. The first-order valence-corrected chi connectivity index (χ1v) is 7.73. The molecule has 0 amide bonds. The van der Waals surface area contributed by atoms with Crippen molar-refractivity contribution in [2.45, 2.75) is 45.7 Å². The van der Waals surface area contributed by atoms with Crippen molar-refractivity contribution in [3.63, 3.8) is 0 Å². The Hall–Kier alpha value is -0.470. The molecule has 1 nitrogen and oxygen atoms in total. The fourth-order valence-electron chi connectivity index (χ4n) is 2.63. The van der Waals surface area contributed by atoms with Crippen LogP contribution >= 0.6 is 11.8 Å². The maximum absolute atomic E-state index is 3.77. The van der Waals surface area contributed by atoms with Gasteiger partial charge in [0.15, 0.2) is 0 Å². The highest BCUT2D eigenvalue weighted by Gasteiger charge is 2.17. The van der Waals surface area contributed by atoms with Crippen LogP contribution in [0.25, 0.3) is 0 Å². The van der Waals surface area contributed by atoms with Gasteiger partial charge in [0, 0.05) is 17.8 Å². The Kier molecular flexibility index (Phi) is 4.52. The van der Waals surface area contributed by atoms with Gasteiger partial charge in [-0.3, -0.25) is 0 Å². The molecular weight excluding hydrogens is 226 g/mol. The Morgan fingerprint density at radius 2 is 2.18 bits per heavy atom. The highest BCUT2D eigenvalue weighted by molar-refractivity contribution is 7.99. The number of thioether (sulfide) groups is 1. The lowest BCUT2D eigenvalue weighted by Gasteiger charge is -2.27. The van der Waals surface area contributed by atoms with Gasteiger partial charge in [-0.2, -0.15) is 11.8 Å². The van der Waals surface area contributed by atoms with Gasteiger partial charge in [0.2, 0.25) is 0 Å². The van der Waals surface area contributed by atoms with Crippen LogP contribution in [0.4, 0.5) is 0 Å². The second-order valence-electron chi connectivity index (χ2n) is 5.16. The maximum atomic E-state index is 3.77. The number of nitrogens with one attached hydrogen (secondary N) is 1. The molecule has 1 heterocycles. The molecule has 0 radical (unpaired) electrons. The normalized spacial score (nSPS) is 22.4. The standard InChI is InChI=1S/C15H23NS/c1-11-6-7-15(12(2)9-11)13(3)16-14-5-4-8-17-10-14/h6-7,9,13-14,16H,4-5,8,10H2,1-3H3. The Labute approximate surface area is 109 Å². The Morgan fingerprint density at radius 3 is 2.82 bits per heavy atom. The fourth-order valence-corrected chi connectivity index (χ4v) is 3.71. The van der Waals surface area contributed by atoms with E-state index in [1.807, 2.05) is 0 Å². The second kappa shape index (κ2) is 5.92. The summed E-state index contributed by atoms with van der Waals surface area (Å²) >= 11 is 2.08. The first-order chi connectivity index (χ1) is 8.16. The zero-order chi connectivity index (χ0) is 12.3. The summed E-state index contributed by atoms with van der Waals surface area (Å²) in [4.78, 5) is 0. The summed E-state index contributed by atoms with van der Waals surface area (Å²) in [6, 6.07) is 7.95. The molecule has 1 fully saturated rings. The van der Waals surface area contributed by atoms with Gasteiger partial charge in [0.05, 0.1) is 0 Å². The molecule has 1 aliphatic heterocycles. The van der Waals surface area contributed by atoms with Crippen LogP contribution in [0.15, 0.2) is 18.2 Å². The zero-order valence-corrected chi connectivity index (χ0v) is 11.9. The summed E-state index contributed by atoms with van der Waals surface area (Å²) < 4.78 is 0. The number of hydrogen-bond donors (Lipinski definition) is 1. The smallest absolute Gasteiger partial charge is 0.0297 e. The molecule has 2 atom stereocenters. The van der Waals surface area contributed by atoms with Crippen LogP contribution in [0.3, 0.4) is 0 Å². The molecule has 2 heteroatoms. The molecular formula is C15H23NS. The van der Waals surface area contributed by atoms with E-state index in [1.54, 1.807) is 0 Å². The molecule has 2 unspecified atom stereocenters. The molecule has 0 aliphatic carbocycles. The van der Waals surface area contributed by atoms with E-state index in [4.69, 9.17) is 0 Å². The second-order valence-corrected chi connectivity index (χ2v) is 6.31. The minimum Gasteiger partial charge on any atom is -0.307 e. The van der Waals surface area contributed by atoms with E-state index in [9.17, 15) is 0 Å². The van der Waals surface area contributed by atoms with Gasteiger partial charge < -0.3 is 5.32 Å². The first kappa shape index (κ1) is 13.0. The van der Waals surface area contributed by atoms with E-state index in [1.165, 1.54) is 41.0 Å². The molecule has 1 saturated heterocycles. The molecule has 0 saturated carbocycles. The summed E-state index contributed by atoms with van der Waals surface area (Å²) in [5.74, 6) is 2.62. The van der Waals surface area contributed by atoms with Crippen LogP contribution < -0.4 is 5.32 Å². The summed E-state index contributed by atoms with van der Waals surface area (Å²) in [5, 5.41) is 3.77. The van der Waals surface area contributed by atoms with Crippen molar-refractivity contribution in [2.75, 3.05) is 11.5 Å². The van der Waals surface area contributed by atoms with Crippen molar-refractivity contribution in [3.8, 4) is 0 Å². The van der Waals surface area contributed by atoms with Crippen molar-refractivity contribution in [1.29, 1.82) is 0 Å². The van der Waals surface area contributed by atoms with Crippen LogP contribution in [0.1, 0.15) is 42.5 Å². The minimum atomic E-state index is 0.472. The molecule has 0 spiro atoms. The molecule has 0 aromatic heterocycles. The lowest BCUT2D eigenvalue weighted by atomic mass is 9.99. The van der Waals surface area contributed by atoms with Gasteiger partial charge in [0.1, 0.15) is 0 Å². The molecule has 1 aromatic carbocycles. The van der Waals surface area contributed by atoms with Crippen molar-refractivity contribution >= 4 is 11.8 Å². The molecule has 0 bridgehead atoms. The van der Waals surface area contributed by atoms with E-state index < -0.39 is 0 Å². The number of rotatable bonds is 3. The molecule has 2 rings (SSSR count). The third-order valence-corrected chi connectivity index (χ3v) is 4.75. The fraction of sp³-hybridized carbons (Fsp3) is 0.600. The van der Waals surface area contributed by atoms with Gasteiger partial charge in [-0.15, -0.1) is 0 Å². The Balaban J connectivity index is 2.00. The van der Waals surface area contributed by atoms with Gasteiger partial charge in [-0.05, 0) is 50.5 Å². The average Bonchev–Trinajstić information content (AvgIpc) is 2.30. The van der Waals surface area contributed by atoms with E-state index in [0.29, 0.717) is 12.1 Å². The molecule has 1 aliphatic rings. The van der Waals surface area contributed by atoms with Crippen LogP contribution in [0.2, 0.25) is 0 Å². The van der Waals surface area contributed by atoms with Crippen LogP contribution in [0, 0.1) is 13.8 Å². The van der Waals surface area contributed by atoms with Gasteiger partial charge in [-0.25, -0.2) is 0 Å². The van der Waals surface area contributed by atoms with Crippen molar-refractivity contribution in [3.05, 3.63) is 34.9 Å². The van der Waals surface area contributed by atoms with Gasteiger partial charge in [0.25, 0.3) is 0 Å². The van der Waals surface area contributed by atoms with Gasteiger partial charge in [-0.1, -0.05) is 23.8 Å². The molecule has 1 N–H and O–H groups in total. The first-order valence-electron chi connectivity index (χ1n) is 6.58. The van der Waals surface area contributed by atoms with Crippen molar-refractivity contribution in [2.24, 2.45) is 0 Å². The van der Waals surface area contributed by atoms with E-state index >= 15 is 0 Å². The van der Waals surface area contributed by atoms with E-state index in [0.717, 1.165) is 0 Å². The summed E-state index contributed by atoms with van der Waals surface area (Å²) in [6.45, 7) is 6.67. The quantitative estimate of drug-likeness (QED) is 0.873. The van der Waals surface area contributed by atoms with Crippen LogP contribution in [0.5, 0.6) is 0 Å². The minimum absolute atomic E-state index is 0.472. The predicted octanol–water partition coefficient (Wildman–Crippen LogP) is 3.85. The van der Waals surface area contributed by atoms with E-state index in [2.05, 4.69) is 56.0 Å². The molecule has 94 valence electrons. The lowest BCUT2D eigenvalue weighted by Crippen LogP contribution is -2.35. The zero-order valence-electron chi connectivity index (χ0n) is 11.1. The molecule has 1 aromatic rings. The summed E-state index contributed by atoms with van der Waals surface area (Å²) in [5.41, 5.74) is 4.21. The van der Waals surface area contributed by atoms with E-state index in [-0.39, 0.29) is 0 Å². The lowest BCUT2D eigenvalue weighted by molar-refractivity contribution is 0.451. The Bertz CT molecular complexity index is 369. The monoisotopic (exact) mass is 249 g/mol. The SMILES string of the molecule is Cc1ccc(C(C)NC2CCCSC2)c(C)c1. The van der Waals surface area contributed by atoms with Crippen LogP contribution in [-0.4, -0.2) is 17.5 Å². The third kappa shape index (κ3) is 3.49. The van der Waals surface area contributed by atoms with Crippen molar-refractivity contribution < 1.29 is 0 Å². The van der Waals surface area contributed by atoms with Gasteiger partial charge >= 0.3 is 0 Å². The van der Waals surface area contributed by atoms with Crippen LogP contribution in [-0.2, 0) is 0 Å². The predicted molar refractivity (Wildman–Crippen MR) is 77.8 cm³/mol. The number of aryl methyl sites for hydroxylation is 2. The topological polar surface area (TPSA) is 12.0 Å². The Morgan fingerprint density at radius 1 is 1.35 bits per heavy atom. The number of benzene rings is 1. The summed E-state index contributed by atoms with van der Waals surface area (Å²) in [7, 11) is 0.